The number of hydrogen-bond donors (Lipinski definition) is 1. The largest absolute Gasteiger partial charge is 0.350 e. The summed E-state index contributed by atoms with van der Waals surface area (Å²) in [5, 5.41) is 10.9. The summed E-state index contributed by atoms with van der Waals surface area (Å²) in [7, 11) is 0. The molecule has 0 amide bonds. The Labute approximate surface area is 121 Å². The monoisotopic (exact) mass is 301 g/mol. The second-order valence-electron chi connectivity index (χ2n) is 4.62. The molecule has 1 heterocycles. The minimum Gasteiger partial charge on any atom is -0.293 e. The summed E-state index contributed by atoms with van der Waals surface area (Å²) in [5.41, 5.74) is -1.90. The maximum Gasteiger partial charge on any atom is 0.350 e. The summed E-state index contributed by atoms with van der Waals surface area (Å²) in [6, 6.07) is 0. The highest BCUT2D eigenvalue weighted by molar-refractivity contribution is 7.80. The van der Waals surface area contributed by atoms with Crippen molar-refractivity contribution < 1.29 is 4.92 Å². The molecule has 0 radical (unpaired) electrons. The molecule has 1 rings (SSSR count). The Morgan fingerprint density at radius 1 is 1.40 bits per heavy atom. The number of rotatable bonds is 7. The summed E-state index contributed by atoms with van der Waals surface area (Å²) in [6.45, 7) is 4.28. The molecule has 20 heavy (non-hydrogen) atoms. The third-order valence-corrected chi connectivity index (χ3v) is 3.67. The van der Waals surface area contributed by atoms with Crippen molar-refractivity contribution in [3.8, 4) is 0 Å². The van der Waals surface area contributed by atoms with Crippen LogP contribution in [0.15, 0.2) is 15.8 Å². The lowest BCUT2D eigenvalue weighted by molar-refractivity contribution is -0.387. The smallest absolute Gasteiger partial charge is 0.293 e. The first kappa shape index (κ1) is 16.5. The van der Waals surface area contributed by atoms with Gasteiger partial charge in [0.2, 0.25) is 0 Å². The second-order valence-corrected chi connectivity index (χ2v) is 4.99. The average molecular weight is 301 g/mol. The van der Waals surface area contributed by atoms with Gasteiger partial charge in [0.05, 0.1) is 11.1 Å². The van der Waals surface area contributed by atoms with E-state index in [9.17, 15) is 19.7 Å². The molecule has 8 heteroatoms. The number of thiol groups is 1. The van der Waals surface area contributed by atoms with E-state index in [4.69, 9.17) is 0 Å². The summed E-state index contributed by atoms with van der Waals surface area (Å²) < 4.78 is 2.18. The van der Waals surface area contributed by atoms with E-state index in [2.05, 4.69) is 12.6 Å². The molecule has 0 saturated heterocycles. The lowest BCUT2D eigenvalue weighted by atomic mass is 10.1. The van der Waals surface area contributed by atoms with E-state index >= 15 is 0 Å². The number of nitro groups is 1. The van der Waals surface area contributed by atoms with Gasteiger partial charge in [0.25, 0.3) is 0 Å². The molecule has 0 aliphatic heterocycles. The fraction of sp³-hybridized carbons (Fsp3) is 0.667. The van der Waals surface area contributed by atoms with E-state index in [1.807, 2.05) is 13.8 Å². The molecule has 0 N–H and O–H groups in total. The van der Waals surface area contributed by atoms with Crippen molar-refractivity contribution in [3.63, 3.8) is 0 Å². The van der Waals surface area contributed by atoms with Crippen LogP contribution in [0.1, 0.15) is 26.7 Å². The van der Waals surface area contributed by atoms with Crippen molar-refractivity contribution in [3.05, 3.63) is 37.1 Å². The first-order valence-corrected chi connectivity index (χ1v) is 7.18. The second kappa shape index (κ2) is 7.28. The maximum absolute atomic E-state index is 12.2. The van der Waals surface area contributed by atoms with Crippen LogP contribution >= 0.6 is 12.6 Å². The standard InChI is InChI=1S/C12H19N3O4S/c1-3-5-13-7-10(15(18)19)11(16)14(12(13)17)6-9(4-2)8-20/h7,9,20H,3-6,8H2,1-2H3. The van der Waals surface area contributed by atoms with E-state index in [0.717, 1.165) is 17.2 Å². The highest BCUT2D eigenvalue weighted by Gasteiger charge is 2.21. The molecule has 1 aromatic rings. The van der Waals surface area contributed by atoms with Gasteiger partial charge in [0.1, 0.15) is 0 Å². The third-order valence-electron chi connectivity index (χ3n) is 3.16. The van der Waals surface area contributed by atoms with Crippen LogP contribution in [-0.2, 0) is 13.1 Å². The molecule has 7 nitrogen and oxygen atoms in total. The molecule has 0 fully saturated rings. The topological polar surface area (TPSA) is 87.1 Å². The zero-order chi connectivity index (χ0) is 15.3. The Morgan fingerprint density at radius 2 is 2.05 bits per heavy atom. The van der Waals surface area contributed by atoms with E-state index in [0.29, 0.717) is 18.7 Å². The summed E-state index contributed by atoms with van der Waals surface area (Å²) in [4.78, 5) is 34.4. The Bertz CT molecular complexity index is 589. The van der Waals surface area contributed by atoms with Gasteiger partial charge in [-0.3, -0.25) is 24.0 Å². The molecule has 1 aromatic heterocycles. The number of aryl methyl sites for hydroxylation is 1. The summed E-state index contributed by atoms with van der Waals surface area (Å²) in [6.07, 6.45) is 2.43. The Kier molecular flexibility index (Phi) is 6.00. The van der Waals surface area contributed by atoms with Crippen molar-refractivity contribution in [1.82, 2.24) is 9.13 Å². The van der Waals surface area contributed by atoms with Crippen LogP contribution in [-0.4, -0.2) is 19.8 Å². The summed E-state index contributed by atoms with van der Waals surface area (Å²) >= 11 is 4.17. The van der Waals surface area contributed by atoms with Crippen LogP contribution in [0, 0.1) is 16.0 Å². The first-order chi connectivity index (χ1) is 9.46. The van der Waals surface area contributed by atoms with Gasteiger partial charge < -0.3 is 0 Å². The Morgan fingerprint density at radius 3 is 2.50 bits per heavy atom. The van der Waals surface area contributed by atoms with Crippen LogP contribution < -0.4 is 11.2 Å². The summed E-state index contributed by atoms with van der Waals surface area (Å²) in [5.74, 6) is 0.541. The van der Waals surface area contributed by atoms with E-state index in [1.165, 1.54) is 4.57 Å². The fourth-order valence-corrected chi connectivity index (χ4v) is 2.27. The third kappa shape index (κ3) is 3.50. The van der Waals surface area contributed by atoms with Crippen molar-refractivity contribution in [2.45, 2.75) is 39.8 Å². The quantitative estimate of drug-likeness (QED) is 0.467. The van der Waals surface area contributed by atoms with Gasteiger partial charge in [-0.2, -0.15) is 12.6 Å². The minimum absolute atomic E-state index is 0.0285. The molecular formula is C12H19N3O4S. The molecule has 112 valence electrons. The number of aromatic nitrogens is 2. The van der Waals surface area contributed by atoms with E-state index < -0.39 is 21.9 Å². The van der Waals surface area contributed by atoms with Crippen LogP contribution in [0.2, 0.25) is 0 Å². The number of nitrogens with zero attached hydrogens (tertiary/aromatic N) is 3. The van der Waals surface area contributed by atoms with Crippen LogP contribution in [0.5, 0.6) is 0 Å². The van der Waals surface area contributed by atoms with Gasteiger partial charge in [0, 0.05) is 13.1 Å². The normalized spacial score (nSPS) is 12.3. The van der Waals surface area contributed by atoms with Crippen molar-refractivity contribution >= 4 is 18.3 Å². The highest BCUT2D eigenvalue weighted by atomic mass is 32.1. The van der Waals surface area contributed by atoms with Gasteiger partial charge in [-0.1, -0.05) is 20.3 Å². The number of hydrogen-bond acceptors (Lipinski definition) is 5. The SMILES string of the molecule is CCCn1cc([N+](=O)[O-])c(=O)n(CC(CC)CS)c1=O. The maximum atomic E-state index is 12.2. The average Bonchev–Trinajstić information content (AvgIpc) is 2.42. The minimum atomic E-state index is -0.840. The lowest BCUT2D eigenvalue weighted by Crippen LogP contribution is -2.42. The molecule has 0 aliphatic rings. The van der Waals surface area contributed by atoms with Gasteiger partial charge >= 0.3 is 16.9 Å². The molecule has 1 atom stereocenters. The molecule has 1 unspecified atom stereocenters. The molecular weight excluding hydrogens is 282 g/mol. The van der Waals surface area contributed by atoms with Crippen molar-refractivity contribution in [1.29, 1.82) is 0 Å². The van der Waals surface area contributed by atoms with Crippen LogP contribution in [0.25, 0.3) is 0 Å². The molecule has 0 spiro atoms. The van der Waals surface area contributed by atoms with Gasteiger partial charge in [0.15, 0.2) is 0 Å². The molecule has 0 saturated carbocycles. The first-order valence-electron chi connectivity index (χ1n) is 6.55. The molecule has 0 aliphatic carbocycles. The van der Waals surface area contributed by atoms with Crippen LogP contribution in [0.4, 0.5) is 5.69 Å². The van der Waals surface area contributed by atoms with Crippen molar-refractivity contribution in [2.24, 2.45) is 5.92 Å². The lowest BCUT2D eigenvalue weighted by Gasteiger charge is -2.14. The van der Waals surface area contributed by atoms with Crippen LogP contribution in [0.3, 0.4) is 0 Å². The van der Waals surface area contributed by atoms with E-state index in [1.54, 1.807) is 0 Å². The van der Waals surface area contributed by atoms with Gasteiger partial charge in [-0.15, -0.1) is 0 Å². The molecule has 0 aromatic carbocycles. The zero-order valence-corrected chi connectivity index (χ0v) is 12.5. The predicted molar refractivity (Wildman–Crippen MR) is 79.5 cm³/mol. The molecule has 0 bridgehead atoms. The Balaban J connectivity index is 3.43. The fourth-order valence-electron chi connectivity index (χ4n) is 1.90. The predicted octanol–water partition coefficient (Wildman–Crippen LogP) is 1.28. The van der Waals surface area contributed by atoms with Gasteiger partial charge in [-0.05, 0) is 18.1 Å². The van der Waals surface area contributed by atoms with Crippen molar-refractivity contribution in [2.75, 3.05) is 5.75 Å². The van der Waals surface area contributed by atoms with Gasteiger partial charge in [-0.25, -0.2) is 4.79 Å². The van der Waals surface area contributed by atoms with E-state index in [-0.39, 0.29) is 12.5 Å². The zero-order valence-electron chi connectivity index (χ0n) is 11.6. The Hall–Kier alpha value is -1.57. The highest BCUT2D eigenvalue weighted by Crippen LogP contribution is 2.08.